The molecule has 0 bridgehead atoms. The molecule has 1 aromatic heterocycles. The van der Waals surface area contributed by atoms with Gasteiger partial charge >= 0.3 is 5.97 Å². The summed E-state index contributed by atoms with van der Waals surface area (Å²) < 4.78 is 1.91. The van der Waals surface area contributed by atoms with Crippen molar-refractivity contribution in [3.05, 3.63) is 18.0 Å². The third-order valence-corrected chi connectivity index (χ3v) is 2.04. The molecule has 3 N–H and O–H groups in total. The molecule has 0 saturated heterocycles. The maximum atomic E-state index is 10.2. The van der Waals surface area contributed by atoms with Crippen molar-refractivity contribution in [2.45, 2.75) is 19.9 Å². The van der Waals surface area contributed by atoms with Gasteiger partial charge in [0.15, 0.2) is 0 Å². The van der Waals surface area contributed by atoms with E-state index in [1.807, 2.05) is 23.0 Å². The predicted octanol–water partition coefficient (Wildman–Crippen LogP) is -3.77. The highest BCUT2D eigenvalue weighted by Crippen LogP contribution is 1.93. The number of nitrogens with two attached hydrogens (primary N) is 1. The molecule has 86 valence electrons. The molecule has 0 atom stereocenters. The summed E-state index contributed by atoms with van der Waals surface area (Å²) in [5, 5.41) is 14.5. The van der Waals surface area contributed by atoms with Crippen LogP contribution in [0, 0.1) is 6.92 Å². The average Bonchev–Trinajstić information content (AvgIpc) is 2.51. The lowest BCUT2D eigenvalue weighted by Gasteiger charge is -2.02. The van der Waals surface area contributed by atoms with Crippen molar-refractivity contribution in [1.29, 1.82) is 0 Å². The van der Waals surface area contributed by atoms with E-state index in [4.69, 9.17) is 5.11 Å². The fraction of sp³-hybridized carbons (Fsp3) is 0.556. The monoisotopic (exact) mass is 325 g/mol. The van der Waals surface area contributed by atoms with Gasteiger partial charge in [-0.2, -0.15) is 5.10 Å². The molecule has 15 heavy (non-hydrogen) atoms. The highest BCUT2D eigenvalue weighted by molar-refractivity contribution is 5.66. The van der Waals surface area contributed by atoms with Gasteiger partial charge in [-0.05, 0) is 13.0 Å². The molecule has 0 aliphatic carbocycles. The van der Waals surface area contributed by atoms with Gasteiger partial charge in [0.25, 0.3) is 0 Å². The van der Waals surface area contributed by atoms with Crippen LogP contribution in [0.15, 0.2) is 12.3 Å². The maximum absolute atomic E-state index is 10.2. The van der Waals surface area contributed by atoms with Gasteiger partial charge in [-0.3, -0.25) is 9.48 Å². The van der Waals surface area contributed by atoms with Crippen molar-refractivity contribution in [2.24, 2.45) is 0 Å². The first-order valence-corrected chi connectivity index (χ1v) is 4.72. The van der Waals surface area contributed by atoms with Gasteiger partial charge in [-0.1, -0.05) is 0 Å². The van der Waals surface area contributed by atoms with Gasteiger partial charge in [0.2, 0.25) is 0 Å². The van der Waals surface area contributed by atoms with Crippen molar-refractivity contribution in [1.82, 2.24) is 9.78 Å². The molecule has 1 rings (SSSR count). The first kappa shape index (κ1) is 14.4. The number of halogens is 1. The Morgan fingerprint density at radius 3 is 2.87 bits per heavy atom. The maximum Gasteiger partial charge on any atom is 0.309 e. The van der Waals surface area contributed by atoms with Crippen LogP contribution in [0.25, 0.3) is 0 Å². The number of hydrogen-bond acceptors (Lipinski definition) is 2. The van der Waals surface area contributed by atoms with Crippen LogP contribution in [0.1, 0.15) is 12.1 Å². The SMILES string of the molecule is Cc1ccnn1CC[NH2+]CCC(=O)O.[I-]. The highest BCUT2D eigenvalue weighted by atomic mass is 127. The van der Waals surface area contributed by atoms with Gasteiger partial charge in [-0.15, -0.1) is 0 Å². The molecule has 0 saturated carbocycles. The minimum Gasteiger partial charge on any atom is -1.00 e. The fourth-order valence-electron chi connectivity index (χ4n) is 1.22. The smallest absolute Gasteiger partial charge is 0.309 e. The van der Waals surface area contributed by atoms with Crippen LogP contribution in [0.2, 0.25) is 0 Å². The summed E-state index contributed by atoms with van der Waals surface area (Å²) in [7, 11) is 0. The number of aromatic nitrogens is 2. The molecule has 1 aromatic rings. The Kier molecular flexibility index (Phi) is 7.31. The van der Waals surface area contributed by atoms with Gasteiger partial charge < -0.3 is 34.4 Å². The van der Waals surface area contributed by atoms with E-state index >= 15 is 0 Å². The summed E-state index contributed by atoms with van der Waals surface area (Å²) in [5.41, 5.74) is 1.14. The third kappa shape index (κ3) is 5.73. The van der Waals surface area contributed by atoms with Crippen molar-refractivity contribution in [2.75, 3.05) is 13.1 Å². The number of nitrogens with zero attached hydrogens (tertiary/aromatic N) is 2. The van der Waals surface area contributed by atoms with Crippen molar-refractivity contribution < 1.29 is 39.2 Å². The fourth-order valence-corrected chi connectivity index (χ4v) is 1.22. The largest absolute Gasteiger partial charge is 1.00 e. The molecule has 0 aromatic carbocycles. The lowest BCUT2D eigenvalue weighted by Crippen LogP contribution is -3.00. The summed E-state index contributed by atoms with van der Waals surface area (Å²) in [5.74, 6) is -0.739. The molecule has 0 aliphatic rings. The van der Waals surface area contributed by atoms with E-state index in [9.17, 15) is 4.79 Å². The van der Waals surface area contributed by atoms with Crippen LogP contribution in [-0.2, 0) is 11.3 Å². The van der Waals surface area contributed by atoms with Crippen molar-refractivity contribution in [3.63, 3.8) is 0 Å². The number of carboxylic acid groups (broad SMARTS) is 1. The first-order chi connectivity index (χ1) is 6.70. The first-order valence-electron chi connectivity index (χ1n) is 4.72. The Hall–Kier alpha value is -0.630. The Morgan fingerprint density at radius 1 is 1.60 bits per heavy atom. The van der Waals surface area contributed by atoms with Crippen LogP contribution >= 0.6 is 0 Å². The zero-order valence-electron chi connectivity index (χ0n) is 8.69. The molecule has 0 amide bonds. The van der Waals surface area contributed by atoms with E-state index in [-0.39, 0.29) is 30.4 Å². The molecule has 5 nitrogen and oxygen atoms in total. The van der Waals surface area contributed by atoms with Crippen molar-refractivity contribution in [3.8, 4) is 0 Å². The van der Waals surface area contributed by atoms with E-state index < -0.39 is 5.97 Å². The molecule has 1 heterocycles. The lowest BCUT2D eigenvalue weighted by molar-refractivity contribution is -0.654. The number of aliphatic carboxylic acids is 1. The number of carbonyl (C=O) groups is 1. The number of hydrogen-bond donors (Lipinski definition) is 2. The van der Waals surface area contributed by atoms with Gasteiger partial charge in [0, 0.05) is 11.9 Å². The van der Waals surface area contributed by atoms with Crippen LogP contribution in [0.5, 0.6) is 0 Å². The molecular weight excluding hydrogens is 309 g/mol. The number of rotatable bonds is 6. The Labute approximate surface area is 106 Å². The number of quaternary nitrogens is 1. The second-order valence-electron chi connectivity index (χ2n) is 3.21. The highest BCUT2D eigenvalue weighted by Gasteiger charge is 2.00. The van der Waals surface area contributed by atoms with Crippen LogP contribution < -0.4 is 29.3 Å². The predicted molar refractivity (Wildman–Crippen MR) is 50.9 cm³/mol. The van der Waals surface area contributed by atoms with Crippen LogP contribution in [0.3, 0.4) is 0 Å². The minimum absolute atomic E-state index is 0. The summed E-state index contributed by atoms with van der Waals surface area (Å²) in [6.07, 6.45) is 1.99. The van der Waals surface area contributed by atoms with E-state index in [1.165, 1.54) is 0 Å². The van der Waals surface area contributed by atoms with Gasteiger partial charge in [0.05, 0.1) is 26.1 Å². The number of carboxylic acids is 1. The standard InChI is InChI=1S/C9H15N3O2.HI/c1-8-2-5-11-12(8)7-6-10-4-3-9(13)14;/h2,5,10H,3-4,6-7H2,1H3,(H,13,14);1H. The normalized spacial score (nSPS) is 9.67. The molecule has 0 spiro atoms. The number of aryl methyl sites for hydroxylation is 1. The zero-order valence-corrected chi connectivity index (χ0v) is 10.8. The quantitative estimate of drug-likeness (QED) is 0.417. The van der Waals surface area contributed by atoms with E-state index in [0.717, 1.165) is 18.8 Å². The molecule has 6 heteroatoms. The third-order valence-electron chi connectivity index (χ3n) is 2.04. The minimum atomic E-state index is -0.739. The van der Waals surface area contributed by atoms with E-state index in [2.05, 4.69) is 5.10 Å². The molecule has 0 aliphatic heterocycles. The van der Waals surface area contributed by atoms with Crippen LogP contribution in [0.4, 0.5) is 0 Å². The summed E-state index contributed by atoms with van der Waals surface area (Å²) in [6, 6.07) is 1.96. The Balaban J connectivity index is 0.00000196. The topological polar surface area (TPSA) is 71.7 Å². The van der Waals surface area contributed by atoms with Gasteiger partial charge in [-0.25, -0.2) is 0 Å². The Bertz CT molecular complexity index is 301. The lowest BCUT2D eigenvalue weighted by atomic mass is 10.4. The Morgan fingerprint density at radius 2 is 2.33 bits per heavy atom. The zero-order chi connectivity index (χ0) is 10.4. The average molecular weight is 325 g/mol. The van der Waals surface area contributed by atoms with E-state index in [1.54, 1.807) is 6.20 Å². The molecule has 0 unspecified atom stereocenters. The van der Waals surface area contributed by atoms with Crippen molar-refractivity contribution >= 4 is 5.97 Å². The summed E-state index contributed by atoms with van der Waals surface area (Å²) in [4.78, 5) is 10.2. The van der Waals surface area contributed by atoms with E-state index in [0.29, 0.717) is 6.54 Å². The van der Waals surface area contributed by atoms with Crippen LogP contribution in [-0.4, -0.2) is 33.9 Å². The summed E-state index contributed by atoms with van der Waals surface area (Å²) in [6.45, 7) is 4.34. The van der Waals surface area contributed by atoms with Gasteiger partial charge in [0.1, 0.15) is 0 Å². The molecule has 0 radical (unpaired) electrons. The summed E-state index contributed by atoms with van der Waals surface area (Å²) >= 11 is 0. The second kappa shape index (κ2) is 7.63. The molecular formula is C9H16IN3O2. The molecule has 0 fully saturated rings. The second-order valence-corrected chi connectivity index (χ2v) is 3.21.